The van der Waals surface area contributed by atoms with E-state index in [0.29, 0.717) is 5.82 Å². The Kier molecular flexibility index (Phi) is 11.2. The molecule has 0 spiro atoms. The van der Waals surface area contributed by atoms with Crippen LogP contribution < -0.4 is 16.0 Å². The number of carbonyl (C=O) groups excluding carboxylic acids is 4. The molecule has 4 N–H and O–H groups in total. The van der Waals surface area contributed by atoms with Crippen molar-refractivity contribution in [2.24, 2.45) is 7.05 Å². The minimum atomic E-state index is -0.917. The normalized spacial score (nSPS) is 17.2. The maximum atomic E-state index is 14.7. The van der Waals surface area contributed by atoms with Crippen LogP contribution in [0.1, 0.15) is 30.5 Å². The highest BCUT2D eigenvalue weighted by Gasteiger charge is 2.51. The zero-order chi connectivity index (χ0) is 40.2. The minimum absolute atomic E-state index is 0.0149. The van der Waals surface area contributed by atoms with E-state index in [2.05, 4.69) is 27.5 Å². The van der Waals surface area contributed by atoms with Crippen LogP contribution in [0.25, 0.3) is 22.0 Å². The number of fused-ring (bicyclic) bond motifs is 2. The van der Waals surface area contributed by atoms with Crippen LogP contribution in [-0.4, -0.2) is 96.2 Å². The molecule has 4 heterocycles. The van der Waals surface area contributed by atoms with Crippen LogP contribution in [0.15, 0.2) is 110 Å². The number of hydrazine groups is 1. The number of carbonyl (C=O) groups is 4. The van der Waals surface area contributed by atoms with Crippen molar-refractivity contribution < 1.29 is 24.3 Å². The predicted molar refractivity (Wildman–Crippen MR) is 217 cm³/mol. The van der Waals surface area contributed by atoms with E-state index in [1.165, 1.54) is 0 Å². The zero-order valence-electron chi connectivity index (χ0n) is 32.3. The third-order valence-electron chi connectivity index (χ3n) is 10.2. The third kappa shape index (κ3) is 8.31. The Morgan fingerprint density at radius 2 is 1.75 bits per heavy atom. The number of aromatic hydroxyl groups is 1. The third-order valence-corrected chi connectivity index (χ3v) is 10.2. The van der Waals surface area contributed by atoms with Gasteiger partial charge >= 0.3 is 12.1 Å². The average molecular weight is 770 g/mol. The van der Waals surface area contributed by atoms with Crippen LogP contribution in [-0.2, 0) is 36.1 Å². The summed E-state index contributed by atoms with van der Waals surface area (Å²) in [6.45, 7) is 8.34. The van der Waals surface area contributed by atoms with Gasteiger partial charge in [-0.05, 0) is 54.8 Å². The molecule has 2 atom stereocenters. The Bertz CT molecular complexity index is 2270. The Labute approximate surface area is 331 Å². The molecule has 2 aliphatic rings. The second-order valence-corrected chi connectivity index (χ2v) is 14.7. The molecular formula is C43H47N9O5. The van der Waals surface area contributed by atoms with Crippen molar-refractivity contribution in [3.8, 4) is 16.9 Å². The number of amides is 6. The first-order valence-electron chi connectivity index (χ1n) is 19.0. The van der Waals surface area contributed by atoms with E-state index in [1.807, 2.05) is 86.3 Å². The van der Waals surface area contributed by atoms with Crippen LogP contribution >= 0.6 is 0 Å². The Morgan fingerprint density at radius 1 is 0.982 bits per heavy atom. The SMILES string of the molecule is C=CCN1CC(=O)N2[C@@H](Cc3ccc(O)cc3)C(=O)N(Cc3cccc4c(-c5ccc(NC(=O)NC(C)C)nc5)cn(C)c34)C[C@@H]2N1C(=O)NCc1ccccc1. The van der Waals surface area contributed by atoms with Gasteiger partial charge in [0, 0.05) is 68.1 Å². The largest absolute Gasteiger partial charge is 0.508 e. The fourth-order valence-electron chi connectivity index (χ4n) is 7.71. The average Bonchev–Trinajstić information content (AvgIpc) is 3.53. The van der Waals surface area contributed by atoms with Crippen molar-refractivity contribution in [1.29, 1.82) is 0 Å². The second-order valence-electron chi connectivity index (χ2n) is 14.7. The number of anilines is 1. The molecule has 6 amide bonds. The molecule has 0 aliphatic carbocycles. The van der Waals surface area contributed by atoms with Gasteiger partial charge in [-0.25, -0.2) is 24.6 Å². The number of aryl methyl sites for hydroxylation is 1. The summed E-state index contributed by atoms with van der Waals surface area (Å²) in [6.07, 6.45) is 4.76. The van der Waals surface area contributed by atoms with Gasteiger partial charge in [0.05, 0.1) is 18.6 Å². The maximum Gasteiger partial charge on any atom is 0.334 e. The number of nitrogens with one attached hydrogen (secondary N) is 3. The number of nitrogens with zero attached hydrogens (tertiary/aromatic N) is 6. The molecule has 0 unspecified atom stereocenters. The highest BCUT2D eigenvalue weighted by molar-refractivity contribution is 5.98. The summed E-state index contributed by atoms with van der Waals surface area (Å²) in [7, 11) is 1.95. The smallest absolute Gasteiger partial charge is 0.334 e. The number of rotatable bonds is 11. The van der Waals surface area contributed by atoms with E-state index >= 15 is 0 Å². The molecule has 57 heavy (non-hydrogen) atoms. The number of hydrogen-bond acceptors (Lipinski definition) is 7. The summed E-state index contributed by atoms with van der Waals surface area (Å²) in [5, 5.41) is 22.8. The van der Waals surface area contributed by atoms with E-state index in [9.17, 15) is 24.3 Å². The van der Waals surface area contributed by atoms with E-state index in [1.54, 1.807) is 62.4 Å². The first-order chi connectivity index (χ1) is 27.5. The van der Waals surface area contributed by atoms with E-state index < -0.39 is 18.2 Å². The molecule has 0 radical (unpaired) electrons. The number of para-hydroxylation sites is 1. The summed E-state index contributed by atoms with van der Waals surface area (Å²) in [4.78, 5) is 62.9. The Balaban J connectivity index is 1.22. The van der Waals surface area contributed by atoms with Crippen LogP contribution in [0.3, 0.4) is 0 Å². The molecule has 3 aromatic carbocycles. The van der Waals surface area contributed by atoms with Crippen LogP contribution in [0.5, 0.6) is 5.75 Å². The molecule has 2 saturated heterocycles. The number of aromatic nitrogens is 2. The molecule has 2 aliphatic heterocycles. The van der Waals surface area contributed by atoms with Crippen LogP contribution in [0.4, 0.5) is 15.4 Å². The Morgan fingerprint density at radius 3 is 2.46 bits per heavy atom. The summed E-state index contributed by atoms with van der Waals surface area (Å²) < 4.78 is 2.02. The van der Waals surface area contributed by atoms with Crippen molar-refractivity contribution >= 4 is 40.6 Å². The summed E-state index contributed by atoms with van der Waals surface area (Å²) in [6, 6.07) is 24.1. The summed E-state index contributed by atoms with van der Waals surface area (Å²) in [5.74, 6) is 0.00839. The number of urea groups is 2. The first kappa shape index (κ1) is 38.6. The monoisotopic (exact) mass is 769 g/mol. The van der Waals surface area contributed by atoms with Gasteiger partial charge in [0.15, 0.2) is 0 Å². The molecule has 0 bridgehead atoms. The summed E-state index contributed by atoms with van der Waals surface area (Å²) in [5.41, 5.74) is 5.27. The molecule has 14 heteroatoms. The highest BCUT2D eigenvalue weighted by atomic mass is 16.3. The number of piperazine rings is 1. The van der Waals surface area contributed by atoms with Gasteiger partial charge in [0.2, 0.25) is 11.8 Å². The standard InChI is InChI=1S/C43H47N9O5/c1-5-20-50-27-39(54)51-36(21-29-14-17-33(53)18-15-29)41(55)49(26-38(51)52(50)43(57)45-22-30-10-7-6-8-11-30)24-32-12-9-13-34-35(25-48(4)40(32)34)31-16-19-37(44-23-31)47-42(56)46-28(2)3/h5-19,23,25,28,36,38,53H,1,20-22,24,26-27H2,2-4H3,(H,45,57)(H2,44,46,47,56)/t36-,38-/m0/s1. The molecule has 2 fully saturated rings. The van der Waals surface area contributed by atoms with Crippen molar-refractivity contribution in [1.82, 2.24) is 40.0 Å². The lowest BCUT2D eigenvalue weighted by atomic mass is 9.98. The first-order valence-corrected chi connectivity index (χ1v) is 19.0. The summed E-state index contributed by atoms with van der Waals surface area (Å²) >= 11 is 0. The van der Waals surface area contributed by atoms with E-state index in [0.717, 1.165) is 38.7 Å². The van der Waals surface area contributed by atoms with Gasteiger partial charge < -0.3 is 30.1 Å². The predicted octanol–water partition coefficient (Wildman–Crippen LogP) is 5.21. The van der Waals surface area contributed by atoms with Gasteiger partial charge in [-0.2, -0.15) is 0 Å². The molecule has 7 rings (SSSR count). The van der Waals surface area contributed by atoms with Crippen molar-refractivity contribution in [2.45, 2.75) is 51.6 Å². The molecule has 14 nitrogen and oxygen atoms in total. The fourth-order valence-corrected chi connectivity index (χ4v) is 7.71. The molecule has 294 valence electrons. The van der Waals surface area contributed by atoms with E-state index in [-0.39, 0.29) is 68.8 Å². The quantitative estimate of drug-likeness (QED) is 0.135. The van der Waals surface area contributed by atoms with Gasteiger partial charge in [0.25, 0.3) is 0 Å². The lowest BCUT2D eigenvalue weighted by Crippen LogP contribution is -2.76. The fraction of sp³-hybridized carbons (Fsp3) is 0.279. The number of pyridine rings is 1. The van der Waals surface area contributed by atoms with Crippen molar-refractivity contribution in [3.63, 3.8) is 0 Å². The van der Waals surface area contributed by atoms with E-state index in [4.69, 9.17) is 0 Å². The number of phenols is 1. The lowest BCUT2D eigenvalue weighted by molar-refractivity contribution is -0.189. The Hall–Kier alpha value is -6.67. The van der Waals surface area contributed by atoms with Gasteiger partial charge in [-0.3, -0.25) is 14.9 Å². The number of phenolic OH excluding ortho intramolecular Hbond substituents is 1. The van der Waals surface area contributed by atoms with Gasteiger partial charge in [-0.15, -0.1) is 6.58 Å². The molecule has 2 aromatic heterocycles. The van der Waals surface area contributed by atoms with Crippen molar-refractivity contribution in [3.05, 3.63) is 127 Å². The van der Waals surface area contributed by atoms with Crippen LogP contribution in [0.2, 0.25) is 0 Å². The zero-order valence-corrected chi connectivity index (χ0v) is 32.3. The molecule has 0 saturated carbocycles. The highest BCUT2D eigenvalue weighted by Crippen LogP contribution is 2.35. The minimum Gasteiger partial charge on any atom is -0.508 e. The maximum absolute atomic E-state index is 14.7. The van der Waals surface area contributed by atoms with Crippen molar-refractivity contribution in [2.75, 3.05) is 25.0 Å². The molecular weight excluding hydrogens is 723 g/mol. The van der Waals surface area contributed by atoms with Gasteiger partial charge in [0.1, 0.15) is 23.8 Å². The van der Waals surface area contributed by atoms with Gasteiger partial charge in [-0.1, -0.05) is 66.7 Å². The lowest BCUT2D eigenvalue weighted by Gasteiger charge is -2.55. The number of benzene rings is 3. The molecule has 5 aromatic rings. The second kappa shape index (κ2) is 16.6. The number of hydrogen-bond donors (Lipinski definition) is 4. The topological polar surface area (TPSA) is 155 Å². The van der Waals surface area contributed by atoms with Crippen LogP contribution in [0, 0.1) is 0 Å².